The highest BCUT2D eigenvalue weighted by molar-refractivity contribution is 5.77. The van der Waals surface area contributed by atoms with Gasteiger partial charge >= 0.3 is 0 Å². The summed E-state index contributed by atoms with van der Waals surface area (Å²) >= 11 is 0. The van der Waals surface area contributed by atoms with Crippen LogP contribution in [0, 0.1) is 6.92 Å². The van der Waals surface area contributed by atoms with Crippen LogP contribution >= 0.6 is 0 Å². The molecule has 9 heteroatoms. The Hall–Kier alpha value is -2.52. The van der Waals surface area contributed by atoms with E-state index in [1.165, 1.54) is 0 Å². The Morgan fingerprint density at radius 1 is 1.40 bits per heavy atom. The van der Waals surface area contributed by atoms with E-state index in [-0.39, 0.29) is 12.5 Å². The van der Waals surface area contributed by atoms with Gasteiger partial charge in [-0.1, -0.05) is 6.07 Å². The van der Waals surface area contributed by atoms with E-state index >= 15 is 0 Å². The number of carbonyl (C=O) groups is 1. The van der Waals surface area contributed by atoms with Gasteiger partial charge in [-0.05, 0) is 17.3 Å². The monoisotopic (exact) mass is 346 g/mol. The SMILES string of the molecule is Cc1nc(N2CCN(CC(=O)NCc3ccccn3)CC(O)C2)no1. The van der Waals surface area contributed by atoms with Gasteiger partial charge in [0.05, 0.1) is 24.9 Å². The number of carbonyl (C=O) groups excluding carboxylic acids is 1. The van der Waals surface area contributed by atoms with Gasteiger partial charge in [-0.3, -0.25) is 14.7 Å². The largest absolute Gasteiger partial charge is 0.390 e. The minimum atomic E-state index is -0.593. The van der Waals surface area contributed by atoms with Gasteiger partial charge in [0.25, 0.3) is 5.95 Å². The average molecular weight is 346 g/mol. The van der Waals surface area contributed by atoms with E-state index in [1.54, 1.807) is 13.1 Å². The summed E-state index contributed by atoms with van der Waals surface area (Å²) in [7, 11) is 0. The first-order valence-corrected chi connectivity index (χ1v) is 8.22. The second kappa shape index (κ2) is 8.04. The van der Waals surface area contributed by atoms with Crippen LogP contribution in [0.1, 0.15) is 11.6 Å². The summed E-state index contributed by atoms with van der Waals surface area (Å²) < 4.78 is 4.99. The molecule has 2 aromatic heterocycles. The van der Waals surface area contributed by atoms with Crippen molar-refractivity contribution in [3.63, 3.8) is 0 Å². The van der Waals surface area contributed by atoms with Crippen LogP contribution in [-0.2, 0) is 11.3 Å². The number of nitrogens with one attached hydrogen (secondary N) is 1. The van der Waals surface area contributed by atoms with Crippen molar-refractivity contribution in [3.05, 3.63) is 36.0 Å². The first kappa shape index (κ1) is 17.3. The molecule has 0 saturated carbocycles. The Labute approximate surface area is 145 Å². The highest BCUT2D eigenvalue weighted by Crippen LogP contribution is 2.12. The number of β-amino-alcohol motifs (C(OH)–C–C–N with tert-alkyl or cyclic N) is 1. The Bertz CT molecular complexity index is 692. The quantitative estimate of drug-likeness (QED) is 0.751. The molecule has 2 aromatic rings. The number of rotatable bonds is 5. The van der Waals surface area contributed by atoms with Crippen molar-refractivity contribution in [2.75, 3.05) is 37.6 Å². The summed E-state index contributed by atoms with van der Waals surface area (Å²) in [6.07, 6.45) is 1.10. The summed E-state index contributed by atoms with van der Waals surface area (Å²) in [6.45, 7) is 4.41. The van der Waals surface area contributed by atoms with Crippen molar-refractivity contribution in [1.29, 1.82) is 0 Å². The third kappa shape index (κ3) is 4.97. The van der Waals surface area contributed by atoms with E-state index in [0.717, 1.165) is 5.69 Å². The molecule has 0 aliphatic carbocycles. The molecule has 1 saturated heterocycles. The second-order valence-electron chi connectivity index (χ2n) is 6.05. The highest BCUT2D eigenvalue weighted by Gasteiger charge is 2.25. The van der Waals surface area contributed by atoms with E-state index in [0.29, 0.717) is 44.6 Å². The fraction of sp³-hybridized carbons (Fsp3) is 0.500. The average Bonchev–Trinajstić information content (AvgIpc) is 2.95. The van der Waals surface area contributed by atoms with Crippen molar-refractivity contribution >= 4 is 11.9 Å². The molecule has 9 nitrogen and oxygen atoms in total. The normalized spacial score (nSPS) is 18.8. The zero-order valence-corrected chi connectivity index (χ0v) is 14.1. The lowest BCUT2D eigenvalue weighted by atomic mass is 10.3. The molecule has 0 aromatic carbocycles. The number of aromatic nitrogens is 3. The van der Waals surface area contributed by atoms with Crippen LogP contribution in [0.4, 0.5) is 5.95 Å². The van der Waals surface area contributed by atoms with Crippen LogP contribution in [-0.4, -0.2) is 69.9 Å². The van der Waals surface area contributed by atoms with Crippen molar-refractivity contribution < 1.29 is 14.4 Å². The molecule has 3 rings (SSSR count). The predicted molar refractivity (Wildman–Crippen MR) is 89.8 cm³/mol. The van der Waals surface area contributed by atoms with Crippen molar-refractivity contribution in [2.24, 2.45) is 0 Å². The van der Waals surface area contributed by atoms with Gasteiger partial charge in [0, 0.05) is 39.3 Å². The molecule has 1 atom stereocenters. The Kier molecular flexibility index (Phi) is 5.56. The molecule has 1 aliphatic heterocycles. The third-order valence-electron chi connectivity index (χ3n) is 3.95. The number of pyridine rings is 1. The smallest absolute Gasteiger partial charge is 0.266 e. The molecule has 25 heavy (non-hydrogen) atoms. The summed E-state index contributed by atoms with van der Waals surface area (Å²) in [4.78, 5) is 24.3. The Morgan fingerprint density at radius 2 is 2.28 bits per heavy atom. The number of hydrogen-bond donors (Lipinski definition) is 2. The van der Waals surface area contributed by atoms with Crippen molar-refractivity contribution in [1.82, 2.24) is 25.3 Å². The lowest BCUT2D eigenvalue weighted by molar-refractivity contribution is -0.122. The first-order chi connectivity index (χ1) is 12.1. The summed E-state index contributed by atoms with van der Waals surface area (Å²) in [5.41, 5.74) is 0.811. The van der Waals surface area contributed by atoms with Crippen LogP contribution < -0.4 is 10.2 Å². The van der Waals surface area contributed by atoms with Crippen molar-refractivity contribution in [3.8, 4) is 0 Å². The summed E-state index contributed by atoms with van der Waals surface area (Å²) in [5, 5.41) is 16.9. The molecule has 1 aliphatic rings. The van der Waals surface area contributed by atoms with Gasteiger partial charge in [-0.15, -0.1) is 0 Å². The van der Waals surface area contributed by atoms with Crippen LogP contribution in [0.5, 0.6) is 0 Å². The maximum absolute atomic E-state index is 12.1. The molecule has 0 spiro atoms. The number of nitrogens with zero attached hydrogens (tertiary/aromatic N) is 5. The van der Waals surface area contributed by atoms with Gasteiger partial charge in [-0.2, -0.15) is 4.98 Å². The zero-order valence-electron chi connectivity index (χ0n) is 14.1. The second-order valence-corrected chi connectivity index (χ2v) is 6.05. The molecular weight excluding hydrogens is 324 g/mol. The predicted octanol–water partition coefficient (Wildman–Crippen LogP) is -0.428. The number of aryl methyl sites for hydroxylation is 1. The van der Waals surface area contributed by atoms with Gasteiger partial charge in [-0.25, -0.2) is 0 Å². The fourth-order valence-electron chi connectivity index (χ4n) is 2.75. The first-order valence-electron chi connectivity index (χ1n) is 8.22. The topological polar surface area (TPSA) is 108 Å². The number of aliphatic hydroxyl groups excluding tert-OH is 1. The number of aliphatic hydroxyl groups is 1. The molecule has 0 bridgehead atoms. The molecule has 1 unspecified atom stereocenters. The van der Waals surface area contributed by atoms with Gasteiger partial charge in [0.15, 0.2) is 0 Å². The van der Waals surface area contributed by atoms with Crippen LogP contribution in [0.15, 0.2) is 28.9 Å². The molecule has 0 radical (unpaired) electrons. The molecular formula is C16H22N6O3. The third-order valence-corrected chi connectivity index (χ3v) is 3.95. The van der Waals surface area contributed by atoms with Crippen LogP contribution in [0.25, 0.3) is 0 Å². The standard InChI is InChI=1S/C16H22N6O3/c1-12-19-16(20-25-12)22-7-6-21(9-14(23)10-22)11-15(24)18-8-13-4-2-3-5-17-13/h2-5,14,23H,6-11H2,1H3,(H,18,24). The number of anilines is 1. The van der Waals surface area contributed by atoms with E-state index in [2.05, 4.69) is 20.4 Å². The summed E-state index contributed by atoms with van der Waals surface area (Å²) in [6, 6.07) is 5.58. The fourth-order valence-corrected chi connectivity index (χ4v) is 2.75. The molecule has 134 valence electrons. The van der Waals surface area contributed by atoms with Crippen molar-refractivity contribution in [2.45, 2.75) is 19.6 Å². The van der Waals surface area contributed by atoms with Gasteiger partial charge in [0.1, 0.15) is 0 Å². The van der Waals surface area contributed by atoms with E-state index < -0.39 is 6.10 Å². The van der Waals surface area contributed by atoms with Crippen LogP contribution in [0.2, 0.25) is 0 Å². The molecule has 2 N–H and O–H groups in total. The van der Waals surface area contributed by atoms with Gasteiger partial charge < -0.3 is 19.8 Å². The van der Waals surface area contributed by atoms with E-state index in [4.69, 9.17) is 4.52 Å². The Morgan fingerprint density at radius 3 is 3.00 bits per heavy atom. The maximum atomic E-state index is 12.1. The lowest BCUT2D eigenvalue weighted by Crippen LogP contribution is -2.40. The number of hydrogen-bond acceptors (Lipinski definition) is 8. The maximum Gasteiger partial charge on any atom is 0.266 e. The summed E-state index contributed by atoms with van der Waals surface area (Å²) in [5.74, 6) is 0.860. The Balaban J connectivity index is 1.50. The van der Waals surface area contributed by atoms with Crippen LogP contribution in [0.3, 0.4) is 0 Å². The minimum absolute atomic E-state index is 0.0956. The lowest BCUT2D eigenvalue weighted by Gasteiger charge is -2.20. The highest BCUT2D eigenvalue weighted by atomic mass is 16.5. The van der Waals surface area contributed by atoms with E-state index in [9.17, 15) is 9.90 Å². The molecule has 1 amide bonds. The number of amides is 1. The zero-order chi connectivity index (χ0) is 17.6. The molecule has 3 heterocycles. The van der Waals surface area contributed by atoms with Gasteiger partial charge in [0.2, 0.25) is 11.8 Å². The minimum Gasteiger partial charge on any atom is -0.390 e. The van der Waals surface area contributed by atoms with E-state index in [1.807, 2.05) is 28.0 Å². The molecule has 1 fully saturated rings.